The fraction of sp³-hybridized carbons (Fsp3) is 0.818. The Bertz CT molecular complexity index is 316. The van der Waals surface area contributed by atoms with Crippen LogP contribution in [0.25, 0.3) is 0 Å². The van der Waals surface area contributed by atoms with Crippen molar-refractivity contribution in [2.45, 2.75) is 32.4 Å². The number of rotatable bonds is 5. The van der Waals surface area contributed by atoms with Crippen LogP contribution in [0.4, 0.5) is 0 Å². The van der Waals surface area contributed by atoms with Crippen LogP contribution in [-0.4, -0.2) is 45.6 Å². The molecule has 1 saturated heterocycles. The second-order valence-electron chi connectivity index (χ2n) is 4.61. The Hall–Kier alpha value is -0.940. The fourth-order valence-corrected chi connectivity index (χ4v) is 2.20. The van der Waals surface area contributed by atoms with E-state index in [9.17, 15) is 0 Å². The SMILES string of the molecule is CC(CNCc1cn(C)nn1)N1CCCC1. The first-order valence-corrected chi connectivity index (χ1v) is 6.05. The van der Waals surface area contributed by atoms with Crippen molar-refractivity contribution in [2.75, 3.05) is 19.6 Å². The maximum Gasteiger partial charge on any atom is 0.0964 e. The first kappa shape index (κ1) is 11.5. The third kappa shape index (κ3) is 3.02. The van der Waals surface area contributed by atoms with Gasteiger partial charge < -0.3 is 5.32 Å². The van der Waals surface area contributed by atoms with E-state index in [-0.39, 0.29) is 0 Å². The summed E-state index contributed by atoms with van der Waals surface area (Å²) < 4.78 is 1.74. The molecule has 0 radical (unpaired) electrons. The minimum absolute atomic E-state index is 0.624. The molecule has 90 valence electrons. The molecule has 1 fully saturated rings. The molecule has 16 heavy (non-hydrogen) atoms. The third-order valence-electron chi connectivity index (χ3n) is 3.16. The maximum absolute atomic E-state index is 4.05. The van der Waals surface area contributed by atoms with E-state index in [1.165, 1.54) is 25.9 Å². The normalized spacial score (nSPS) is 19.1. The van der Waals surface area contributed by atoms with E-state index in [0.29, 0.717) is 6.04 Å². The number of aryl methyl sites for hydroxylation is 1. The molecule has 0 bridgehead atoms. The van der Waals surface area contributed by atoms with Gasteiger partial charge in [-0.25, -0.2) is 0 Å². The average molecular weight is 223 g/mol. The van der Waals surface area contributed by atoms with Crippen molar-refractivity contribution in [3.63, 3.8) is 0 Å². The van der Waals surface area contributed by atoms with Crippen molar-refractivity contribution in [3.8, 4) is 0 Å². The first-order chi connectivity index (χ1) is 7.75. The highest BCUT2D eigenvalue weighted by molar-refractivity contribution is 4.91. The second-order valence-corrected chi connectivity index (χ2v) is 4.61. The van der Waals surface area contributed by atoms with Crippen LogP contribution < -0.4 is 5.32 Å². The largest absolute Gasteiger partial charge is 0.310 e. The summed E-state index contributed by atoms with van der Waals surface area (Å²) in [5, 5.41) is 11.4. The van der Waals surface area contributed by atoms with Gasteiger partial charge in [0, 0.05) is 32.4 Å². The monoisotopic (exact) mass is 223 g/mol. The zero-order chi connectivity index (χ0) is 11.4. The number of hydrogen-bond donors (Lipinski definition) is 1. The number of nitrogens with zero attached hydrogens (tertiary/aromatic N) is 4. The van der Waals surface area contributed by atoms with Crippen LogP contribution >= 0.6 is 0 Å². The Morgan fingerprint density at radius 3 is 2.81 bits per heavy atom. The van der Waals surface area contributed by atoms with Crippen LogP contribution in [0.3, 0.4) is 0 Å². The number of nitrogens with one attached hydrogen (secondary N) is 1. The number of aromatic nitrogens is 3. The summed E-state index contributed by atoms with van der Waals surface area (Å²) in [5.41, 5.74) is 1.01. The van der Waals surface area contributed by atoms with Gasteiger partial charge in [-0.05, 0) is 32.9 Å². The number of likely N-dealkylation sites (tertiary alicyclic amines) is 1. The number of hydrogen-bond acceptors (Lipinski definition) is 4. The lowest BCUT2D eigenvalue weighted by Gasteiger charge is -2.23. The Balaban J connectivity index is 1.67. The lowest BCUT2D eigenvalue weighted by Crippen LogP contribution is -2.38. The van der Waals surface area contributed by atoms with E-state index in [1.807, 2.05) is 13.2 Å². The van der Waals surface area contributed by atoms with E-state index < -0.39 is 0 Å². The van der Waals surface area contributed by atoms with Crippen LogP contribution in [0, 0.1) is 0 Å². The molecular weight excluding hydrogens is 202 g/mol. The van der Waals surface area contributed by atoms with E-state index in [4.69, 9.17) is 0 Å². The second kappa shape index (κ2) is 5.41. The van der Waals surface area contributed by atoms with Gasteiger partial charge in [-0.3, -0.25) is 9.58 Å². The van der Waals surface area contributed by atoms with Crippen molar-refractivity contribution in [1.82, 2.24) is 25.2 Å². The topological polar surface area (TPSA) is 46.0 Å². The molecular formula is C11H21N5. The van der Waals surface area contributed by atoms with Crippen LogP contribution in [0.1, 0.15) is 25.5 Å². The van der Waals surface area contributed by atoms with Gasteiger partial charge in [0.1, 0.15) is 0 Å². The smallest absolute Gasteiger partial charge is 0.0964 e. The maximum atomic E-state index is 4.05. The molecule has 0 spiro atoms. The molecule has 5 nitrogen and oxygen atoms in total. The molecule has 1 aromatic heterocycles. The molecule has 2 heterocycles. The molecule has 1 N–H and O–H groups in total. The van der Waals surface area contributed by atoms with E-state index in [0.717, 1.165) is 18.8 Å². The summed E-state index contributed by atoms with van der Waals surface area (Å²) in [5.74, 6) is 0. The van der Waals surface area contributed by atoms with Gasteiger partial charge >= 0.3 is 0 Å². The van der Waals surface area contributed by atoms with E-state index >= 15 is 0 Å². The molecule has 1 aliphatic rings. The molecule has 5 heteroatoms. The van der Waals surface area contributed by atoms with Gasteiger partial charge in [-0.2, -0.15) is 0 Å². The summed E-state index contributed by atoms with van der Waals surface area (Å²) >= 11 is 0. The molecule has 0 aromatic carbocycles. The zero-order valence-electron chi connectivity index (χ0n) is 10.2. The van der Waals surface area contributed by atoms with Gasteiger partial charge in [0.25, 0.3) is 0 Å². The molecule has 1 unspecified atom stereocenters. The van der Waals surface area contributed by atoms with Gasteiger partial charge in [0.05, 0.1) is 5.69 Å². The highest BCUT2D eigenvalue weighted by atomic mass is 15.4. The Kier molecular flexibility index (Phi) is 3.90. The predicted octanol–water partition coefficient (Wildman–Crippen LogP) is 0.389. The summed E-state index contributed by atoms with van der Waals surface area (Å²) in [6, 6.07) is 0.624. The first-order valence-electron chi connectivity index (χ1n) is 6.05. The van der Waals surface area contributed by atoms with Crippen LogP contribution in [0.2, 0.25) is 0 Å². The third-order valence-corrected chi connectivity index (χ3v) is 3.16. The molecule has 0 amide bonds. The Morgan fingerprint density at radius 2 is 2.19 bits per heavy atom. The quantitative estimate of drug-likeness (QED) is 0.784. The standard InChI is InChI=1S/C11H21N5/c1-10(16-5-3-4-6-16)7-12-8-11-9-15(2)14-13-11/h9-10,12H,3-8H2,1-2H3. The summed E-state index contributed by atoms with van der Waals surface area (Å²) in [6.07, 6.45) is 4.66. The Morgan fingerprint density at radius 1 is 1.44 bits per heavy atom. The molecule has 0 aliphatic carbocycles. The molecule has 2 rings (SSSR count). The average Bonchev–Trinajstić information content (AvgIpc) is 2.89. The van der Waals surface area contributed by atoms with Crippen molar-refractivity contribution in [2.24, 2.45) is 7.05 Å². The summed E-state index contributed by atoms with van der Waals surface area (Å²) in [4.78, 5) is 2.55. The van der Waals surface area contributed by atoms with Crippen molar-refractivity contribution in [3.05, 3.63) is 11.9 Å². The van der Waals surface area contributed by atoms with Crippen LogP contribution in [-0.2, 0) is 13.6 Å². The summed E-state index contributed by atoms with van der Waals surface area (Å²) in [7, 11) is 1.89. The molecule has 1 aromatic rings. The lowest BCUT2D eigenvalue weighted by molar-refractivity contribution is 0.251. The Labute approximate surface area is 96.8 Å². The van der Waals surface area contributed by atoms with Gasteiger partial charge in [0.15, 0.2) is 0 Å². The van der Waals surface area contributed by atoms with E-state index in [1.54, 1.807) is 4.68 Å². The lowest BCUT2D eigenvalue weighted by atomic mass is 10.3. The van der Waals surface area contributed by atoms with Crippen LogP contribution in [0.5, 0.6) is 0 Å². The predicted molar refractivity (Wildman–Crippen MR) is 63.0 cm³/mol. The molecule has 0 saturated carbocycles. The van der Waals surface area contributed by atoms with Crippen molar-refractivity contribution < 1.29 is 0 Å². The van der Waals surface area contributed by atoms with Crippen molar-refractivity contribution in [1.29, 1.82) is 0 Å². The van der Waals surface area contributed by atoms with Gasteiger partial charge in [-0.15, -0.1) is 5.10 Å². The molecule has 1 aliphatic heterocycles. The highest BCUT2D eigenvalue weighted by Gasteiger charge is 2.17. The summed E-state index contributed by atoms with van der Waals surface area (Å²) in [6.45, 7) is 6.64. The van der Waals surface area contributed by atoms with Gasteiger partial charge in [0.2, 0.25) is 0 Å². The van der Waals surface area contributed by atoms with Gasteiger partial charge in [-0.1, -0.05) is 5.21 Å². The highest BCUT2D eigenvalue weighted by Crippen LogP contribution is 2.10. The van der Waals surface area contributed by atoms with Crippen molar-refractivity contribution >= 4 is 0 Å². The fourth-order valence-electron chi connectivity index (χ4n) is 2.20. The minimum Gasteiger partial charge on any atom is -0.310 e. The van der Waals surface area contributed by atoms with E-state index in [2.05, 4.69) is 27.5 Å². The molecule has 1 atom stereocenters. The van der Waals surface area contributed by atoms with Crippen LogP contribution in [0.15, 0.2) is 6.20 Å². The minimum atomic E-state index is 0.624. The zero-order valence-corrected chi connectivity index (χ0v) is 10.2.